The molecule has 0 atom stereocenters. The van der Waals surface area contributed by atoms with E-state index in [9.17, 15) is 9.59 Å². The molecule has 0 aliphatic carbocycles. The summed E-state index contributed by atoms with van der Waals surface area (Å²) in [6.07, 6.45) is 1.82. The highest BCUT2D eigenvalue weighted by Gasteiger charge is 2.40. The maximum Gasteiger partial charge on any atom is 0.270 e. The Labute approximate surface area is 175 Å². The van der Waals surface area contributed by atoms with Crippen molar-refractivity contribution in [3.63, 3.8) is 0 Å². The van der Waals surface area contributed by atoms with Crippen LogP contribution in [-0.4, -0.2) is 55.2 Å². The Balaban J connectivity index is 1.37. The van der Waals surface area contributed by atoms with Crippen molar-refractivity contribution in [1.82, 2.24) is 4.98 Å². The lowest BCUT2D eigenvalue weighted by molar-refractivity contribution is -0.132. The molecule has 4 rings (SSSR count). The largest absolute Gasteiger partial charge is 0.476 e. The second kappa shape index (κ2) is 8.31. The van der Waals surface area contributed by atoms with Gasteiger partial charge in [-0.1, -0.05) is 12.1 Å². The summed E-state index contributed by atoms with van der Waals surface area (Å²) in [7, 11) is 0. The molecule has 8 heteroatoms. The summed E-state index contributed by atoms with van der Waals surface area (Å²) in [5.41, 5.74) is 0.349. The lowest BCUT2D eigenvalue weighted by Gasteiger charge is -2.38. The lowest BCUT2D eigenvalue weighted by atomic mass is 10.0. The van der Waals surface area contributed by atoms with Crippen molar-refractivity contribution >= 4 is 29.0 Å². The van der Waals surface area contributed by atoms with Gasteiger partial charge in [0.15, 0.2) is 5.60 Å². The number of hydrogen-bond acceptors (Lipinski definition) is 6. The molecule has 2 amide bonds. The minimum absolute atomic E-state index is 0.162. The number of anilines is 3. The number of para-hydroxylation sites is 2. The molecule has 0 bridgehead atoms. The molecule has 2 aliphatic rings. The number of hydrogen-bond donors (Lipinski definition) is 1. The third-order valence-corrected chi connectivity index (χ3v) is 5.21. The van der Waals surface area contributed by atoms with Gasteiger partial charge in [0.2, 0.25) is 5.91 Å². The van der Waals surface area contributed by atoms with E-state index >= 15 is 0 Å². The number of amides is 2. The minimum Gasteiger partial charge on any atom is -0.476 e. The molecule has 0 unspecified atom stereocenters. The van der Waals surface area contributed by atoms with Gasteiger partial charge in [-0.2, -0.15) is 0 Å². The quantitative estimate of drug-likeness (QED) is 0.815. The van der Waals surface area contributed by atoms with Crippen LogP contribution in [0.2, 0.25) is 0 Å². The van der Waals surface area contributed by atoms with Crippen molar-refractivity contribution in [1.29, 1.82) is 0 Å². The maximum atomic E-state index is 12.8. The van der Waals surface area contributed by atoms with E-state index in [2.05, 4.69) is 15.2 Å². The molecule has 1 aromatic carbocycles. The first-order valence-corrected chi connectivity index (χ1v) is 10.1. The number of aromatic nitrogens is 1. The van der Waals surface area contributed by atoms with Crippen LogP contribution < -0.4 is 19.9 Å². The van der Waals surface area contributed by atoms with Crippen LogP contribution in [0, 0.1) is 0 Å². The number of ether oxygens (including phenoxy) is 2. The van der Waals surface area contributed by atoms with E-state index in [0.717, 1.165) is 18.9 Å². The summed E-state index contributed by atoms with van der Waals surface area (Å²) in [4.78, 5) is 33.5. The third kappa shape index (κ3) is 4.23. The molecule has 158 valence electrons. The van der Waals surface area contributed by atoms with Crippen LogP contribution in [0.3, 0.4) is 0 Å². The van der Waals surface area contributed by atoms with E-state index in [1.807, 2.05) is 36.4 Å². The zero-order chi connectivity index (χ0) is 21.1. The summed E-state index contributed by atoms with van der Waals surface area (Å²) in [5.74, 6) is 1.18. The maximum absolute atomic E-state index is 12.8. The molecule has 0 saturated carbocycles. The molecule has 1 aromatic heterocycles. The second-order valence-electron chi connectivity index (χ2n) is 7.84. The van der Waals surface area contributed by atoms with Crippen molar-refractivity contribution in [2.45, 2.75) is 25.9 Å². The first-order chi connectivity index (χ1) is 14.4. The number of nitrogens with zero attached hydrogens (tertiary/aromatic N) is 3. The van der Waals surface area contributed by atoms with Gasteiger partial charge in [-0.15, -0.1) is 0 Å². The average Bonchev–Trinajstić information content (AvgIpc) is 2.75. The van der Waals surface area contributed by atoms with E-state index < -0.39 is 5.60 Å². The van der Waals surface area contributed by atoms with Crippen LogP contribution in [0.5, 0.6) is 5.75 Å². The highest BCUT2D eigenvalue weighted by molar-refractivity contribution is 6.03. The number of benzene rings is 1. The van der Waals surface area contributed by atoms with E-state index in [1.165, 1.54) is 0 Å². The first kappa shape index (κ1) is 20.2. The van der Waals surface area contributed by atoms with Gasteiger partial charge >= 0.3 is 0 Å². The van der Waals surface area contributed by atoms with Crippen molar-refractivity contribution in [2.24, 2.45) is 0 Å². The van der Waals surface area contributed by atoms with Crippen LogP contribution in [0.4, 0.5) is 17.2 Å². The molecular weight excluding hydrogens is 384 g/mol. The summed E-state index contributed by atoms with van der Waals surface area (Å²) >= 11 is 0. The molecule has 1 fully saturated rings. The fourth-order valence-electron chi connectivity index (χ4n) is 3.62. The molecule has 8 nitrogen and oxygen atoms in total. The van der Waals surface area contributed by atoms with Gasteiger partial charge in [-0.05, 0) is 38.1 Å². The molecule has 3 heterocycles. The van der Waals surface area contributed by atoms with Gasteiger partial charge in [0, 0.05) is 26.1 Å². The Morgan fingerprint density at radius 2 is 1.93 bits per heavy atom. The molecule has 2 aromatic rings. The van der Waals surface area contributed by atoms with Gasteiger partial charge in [-0.3, -0.25) is 9.59 Å². The van der Waals surface area contributed by atoms with Crippen molar-refractivity contribution < 1.29 is 19.1 Å². The molecule has 1 saturated heterocycles. The van der Waals surface area contributed by atoms with Crippen LogP contribution in [0.25, 0.3) is 0 Å². The van der Waals surface area contributed by atoms with Gasteiger partial charge in [0.05, 0.1) is 30.8 Å². The zero-order valence-electron chi connectivity index (χ0n) is 17.3. The third-order valence-electron chi connectivity index (χ3n) is 5.21. The molecule has 30 heavy (non-hydrogen) atoms. The molecular formula is C22H26N4O4. The van der Waals surface area contributed by atoms with Crippen molar-refractivity contribution in [2.75, 3.05) is 48.0 Å². The summed E-state index contributed by atoms with van der Waals surface area (Å²) in [6.45, 7) is 6.75. The highest BCUT2D eigenvalue weighted by atomic mass is 16.5. The smallest absolute Gasteiger partial charge is 0.270 e. The predicted molar refractivity (Wildman–Crippen MR) is 114 cm³/mol. The number of morpholine rings is 1. The highest BCUT2D eigenvalue weighted by Crippen LogP contribution is 2.37. The first-order valence-electron chi connectivity index (χ1n) is 10.1. The molecule has 1 N–H and O–H groups in total. The fraction of sp³-hybridized carbons (Fsp3) is 0.409. The second-order valence-corrected chi connectivity index (χ2v) is 7.84. The zero-order valence-corrected chi connectivity index (χ0v) is 17.3. The Kier molecular flexibility index (Phi) is 5.59. The predicted octanol–water partition coefficient (Wildman–Crippen LogP) is 2.45. The normalized spacial score (nSPS) is 17.9. The Morgan fingerprint density at radius 3 is 2.67 bits per heavy atom. The minimum atomic E-state index is -0.968. The summed E-state index contributed by atoms with van der Waals surface area (Å²) in [6, 6.07) is 11.1. The fourth-order valence-corrected chi connectivity index (χ4v) is 3.62. The number of nitrogens with one attached hydrogen (secondary N) is 1. The number of carbonyl (C=O) groups excluding carboxylic acids is 2. The number of rotatable bonds is 5. The Hall–Kier alpha value is -3.13. The van der Waals surface area contributed by atoms with Gasteiger partial charge in [0.25, 0.3) is 5.91 Å². The van der Waals surface area contributed by atoms with E-state index in [0.29, 0.717) is 30.3 Å². The Morgan fingerprint density at radius 1 is 1.17 bits per heavy atom. The van der Waals surface area contributed by atoms with E-state index in [1.54, 1.807) is 24.9 Å². The van der Waals surface area contributed by atoms with Gasteiger partial charge in [0.1, 0.15) is 11.6 Å². The number of pyridine rings is 1. The SMILES string of the molecule is CC1(C)Oc2ccccc2N(CCC(=O)Nc2ccc(N3CCOCC3)nc2)C1=O. The van der Waals surface area contributed by atoms with Crippen molar-refractivity contribution in [3.05, 3.63) is 42.6 Å². The monoisotopic (exact) mass is 410 g/mol. The standard InChI is InChI=1S/C22H26N4O4/c1-22(2)21(28)26(17-5-3-4-6-18(17)30-22)10-9-20(27)24-16-7-8-19(23-15-16)25-11-13-29-14-12-25/h3-8,15H,9-14H2,1-2H3,(H,24,27). The molecule has 2 aliphatic heterocycles. The average molecular weight is 410 g/mol. The summed E-state index contributed by atoms with van der Waals surface area (Å²) < 4.78 is 11.2. The number of carbonyl (C=O) groups is 2. The van der Waals surface area contributed by atoms with Gasteiger partial charge in [-0.25, -0.2) is 4.98 Å². The molecule has 0 radical (unpaired) electrons. The molecule has 0 spiro atoms. The van der Waals surface area contributed by atoms with Crippen LogP contribution >= 0.6 is 0 Å². The van der Waals surface area contributed by atoms with Crippen LogP contribution in [-0.2, 0) is 14.3 Å². The number of fused-ring (bicyclic) bond motifs is 1. The Bertz CT molecular complexity index is 923. The van der Waals surface area contributed by atoms with Crippen molar-refractivity contribution in [3.8, 4) is 5.75 Å². The summed E-state index contributed by atoms with van der Waals surface area (Å²) in [5, 5.41) is 2.86. The van der Waals surface area contributed by atoms with E-state index in [-0.39, 0.29) is 24.8 Å². The van der Waals surface area contributed by atoms with E-state index in [4.69, 9.17) is 9.47 Å². The topological polar surface area (TPSA) is 84.0 Å². The lowest BCUT2D eigenvalue weighted by Crippen LogP contribution is -2.53. The van der Waals surface area contributed by atoms with Gasteiger partial charge < -0.3 is 24.6 Å². The van der Waals surface area contributed by atoms with Crippen LogP contribution in [0.1, 0.15) is 20.3 Å². The van der Waals surface area contributed by atoms with Crippen LogP contribution in [0.15, 0.2) is 42.6 Å².